The SMILES string of the molecule is COC(=O)[C@H](CCC(C)=O)NC(=O)O[C@@H](CSCc1ccc([125I])cc1)C(=O)CO. The van der Waals surface area contributed by atoms with E-state index in [-0.39, 0.29) is 24.4 Å². The zero-order chi connectivity index (χ0) is 21.8. The van der Waals surface area contributed by atoms with Crippen molar-refractivity contribution in [1.82, 2.24) is 5.32 Å². The van der Waals surface area contributed by atoms with Gasteiger partial charge in [0.25, 0.3) is 0 Å². The van der Waals surface area contributed by atoms with Crippen molar-refractivity contribution in [2.45, 2.75) is 37.7 Å². The van der Waals surface area contributed by atoms with Gasteiger partial charge in [0.15, 0.2) is 11.9 Å². The number of aliphatic hydroxyl groups is 1. The molecule has 0 heterocycles. The Bertz CT molecular complexity index is 711. The van der Waals surface area contributed by atoms with E-state index in [1.807, 2.05) is 24.3 Å². The summed E-state index contributed by atoms with van der Waals surface area (Å²) in [6.45, 7) is 0.597. The number of ketones is 2. The van der Waals surface area contributed by atoms with Crippen LogP contribution in [0.4, 0.5) is 4.79 Å². The molecule has 10 heteroatoms. The monoisotopic (exact) mass is 535 g/mol. The number of hydrogen-bond donors (Lipinski definition) is 2. The van der Waals surface area contributed by atoms with Crippen LogP contribution in [0.5, 0.6) is 0 Å². The average molecular weight is 535 g/mol. The molecule has 29 heavy (non-hydrogen) atoms. The molecule has 1 rings (SSSR count). The Morgan fingerprint density at radius 2 is 1.86 bits per heavy atom. The topological polar surface area (TPSA) is 119 Å². The summed E-state index contributed by atoms with van der Waals surface area (Å²) in [5.41, 5.74) is 1.05. The first-order valence-electron chi connectivity index (χ1n) is 8.77. The normalized spacial score (nSPS) is 12.6. The molecule has 0 saturated carbocycles. The third kappa shape index (κ3) is 10.1. The number of aliphatic hydroxyl groups excluding tert-OH is 1. The number of methoxy groups -OCH3 is 1. The fourth-order valence-corrected chi connectivity index (χ4v) is 3.58. The van der Waals surface area contributed by atoms with Gasteiger partial charge in [-0.05, 0) is 53.6 Å². The summed E-state index contributed by atoms with van der Waals surface area (Å²) in [5, 5.41) is 11.5. The largest absolute Gasteiger partial charge is 0.467 e. The molecule has 0 bridgehead atoms. The minimum Gasteiger partial charge on any atom is -0.467 e. The lowest BCUT2D eigenvalue weighted by Gasteiger charge is -2.19. The van der Waals surface area contributed by atoms with Crippen LogP contribution in [0.3, 0.4) is 0 Å². The molecule has 160 valence electrons. The molecule has 0 aliphatic heterocycles. The number of benzene rings is 1. The smallest absolute Gasteiger partial charge is 0.408 e. The Balaban J connectivity index is 2.63. The molecule has 0 unspecified atom stereocenters. The highest BCUT2D eigenvalue weighted by atomic mass is 125. The van der Waals surface area contributed by atoms with Crippen LogP contribution >= 0.6 is 34.4 Å². The lowest BCUT2D eigenvalue weighted by atomic mass is 10.1. The van der Waals surface area contributed by atoms with Crippen molar-refractivity contribution in [3.63, 3.8) is 0 Å². The minimum absolute atomic E-state index is 0.0529. The summed E-state index contributed by atoms with van der Waals surface area (Å²) >= 11 is 3.58. The number of esters is 1. The van der Waals surface area contributed by atoms with Crippen LogP contribution in [-0.4, -0.2) is 60.4 Å². The maximum absolute atomic E-state index is 12.1. The molecule has 1 aromatic rings. The van der Waals surface area contributed by atoms with E-state index in [4.69, 9.17) is 9.84 Å². The Morgan fingerprint density at radius 3 is 2.41 bits per heavy atom. The predicted molar refractivity (Wildman–Crippen MR) is 117 cm³/mol. The van der Waals surface area contributed by atoms with Crippen LogP contribution in [0.1, 0.15) is 25.3 Å². The highest BCUT2D eigenvalue weighted by Crippen LogP contribution is 2.16. The van der Waals surface area contributed by atoms with Gasteiger partial charge in [0.1, 0.15) is 18.4 Å². The van der Waals surface area contributed by atoms with Gasteiger partial charge >= 0.3 is 12.1 Å². The van der Waals surface area contributed by atoms with Crippen molar-refractivity contribution < 1.29 is 33.8 Å². The number of nitrogens with one attached hydrogen (secondary N) is 1. The van der Waals surface area contributed by atoms with Crippen LogP contribution in [0.25, 0.3) is 0 Å². The van der Waals surface area contributed by atoms with Crippen molar-refractivity contribution in [3.8, 4) is 0 Å². The average Bonchev–Trinajstić information content (AvgIpc) is 2.70. The highest BCUT2D eigenvalue weighted by molar-refractivity contribution is 14.1. The number of amides is 1. The molecule has 0 radical (unpaired) electrons. The van der Waals surface area contributed by atoms with Crippen molar-refractivity contribution in [3.05, 3.63) is 33.4 Å². The van der Waals surface area contributed by atoms with Gasteiger partial charge in [0, 0.05) is 21.5 Å². The lowest BCUT2D eigenvalue weighted by Crippen LogP contribution is -2.44. The summed E-state index contributed by atoms with van der Waals surface area (Å²) in [6.07, 6.45) is -2.03. The zero-order valence-corrected chi connectivity index (χ0v) is 19.2. The van der Waals surface area contributed by atoms with Crippen molar-refractivity contribution in [2.24, 2.45) is 0 Å². The van der Waals surface area contributed by atoms with Gasteiger partial charge < -0.3 is 24.7 Å². The number of thioether (sulfide) groups is 1. The van der Waals surface area contributed by atoms with E-state index in [0.717, 1.165) is 16.2 Å². The van der Waals surface area contributed by atoms with Gasteiger partial charge in [-0.2, -0.15) is 11.8 Å². The van der Waals surface area contributed by atoms with Gasteiger partial charge in [-0.25, -0.2) is 9.59 Å². The highest BCUT2D eigenvalue weighted by Gasteiger charge is 2.27. The fraction of sp³-hybridized carbons (Fsp3) is 0.474. The summed E-state index contributed by atoms with van der Waals surface area (Å²) in [4.78, 5) is 47.0. The van der Waals surface area contributed by atoms with Crippen LogP contribution in [0.15, 0.2) is 24.3 Å². The molecule has 0 spiro atoms. The second-order valence-electron chi connectivity index (χ2n) is 6.12. The maximum Gasteiger partial charge on any atom is 0.408 e. The Kier molecular flexibility index (Phi) is 11.9. The summed E-state index contributed by atoms with van der Waals surface area (Å²) in [6, 6.07) is 6.78. The number of carbonyl (C=O) groups is 4. The minimum atomic E-state index is -1.17. The fourth-order valence-electron chi connectivity index (χ4n) is 2.20. The molecule has 2 atom stereocenters. The molecule has 1 aromatic carbocycles. The van der Waals surface area contributed by atoms with E-state index in [1.54, 1.807) is 0 Å². The van der Waals surface area contributed by atoms with Crippen LogP contribution in [0, 0.1) is 3.57 Å². The lowest BCUT2D eigenvalue weighted by molar-refractivity contribution is -0.143. The quantitative estimate of drug-likeness (QED) is 0.309. The van der Waals surface area contributed by atoms with E-state index >= 15 is 0 Å². The van der Waals surface area contributed by atoms with E-state index < -0.39 is 36.6 Å². The zero-order valence-electron chi connectivity index (χ0n) is 16.2. The number of ether oxygens (including phenoxy) is 2. The third-order valence-corrected chi connectivity index (χ3v) is 5.57. The van der Waals surface area contributed by atoms with Gasteiger partial charge in [-0.1, -0.05) is 12.1 Å². The van der Waals surface area contributed by atoms with Crippen molar-refractivity contribution in [1.29, 1.82) is 0 Å². The standard InChI is InChI=1S/C19H24INO7S/c1-12(23)3-8-15(18(25)27-2)21-19(26)28-17(16(24)9-22)11-29-10-13-4-6-14(20)7-5-13/h4-7,15,17,22H,3,8-11H2,1-2H3,(H,21,26)/t15-,17-/m0/s1/i20-2. The first-order valence-corrected chi connectivity index (χ1v) is 11.0. The van der Waals surface area contributed by atoms with E-state index in [2.05, 4.69) is 32.6 Å². The molecular formula is C19H24INO7S. The molecule has 1 amide bonds. The molecule has 0 saturated heterocycles. The summed E-state index contributed by atoms with van der Waals surface area (Å²) < 4.78 is 10.8. The molecular weight excluding hydrogens is 511 g/mol. The van der Waals surface area contributed by atoms with Crippen molar-refractivity contribution >= 4 is 58.0 Å². The number of halogens is 1. The Morgan fingerprint density at radius 1 is 1.21 bits per heavy atom. The van der Waals surface area contributed by atoms with Gasteiger partial charge in [-0.3, -0.25) is 4.79 Å². The Hall–Kier alpha value is -1.66. The third-order valence-electron chi connectivity index (χ3n) is 3.78. The molecule has 0 fully saturated rings. The van der Waals surface area contributed by atoms with E-state index in [1.165, 1.54) is 18.7 Å². The molecule has 0 aliphatic carbocycles. The van der Waals surface area contributed by atoms with Crippen LogP contribution < -0.4 is 5.32 Å². The Labute approximate surface area is 187 Å². The van der Waals surface area contributed by atoms with Gasteiger partial charge in [0.2, 0.25) is 0 Å². The van der Waals surface area contributed by atoms with Crippen molar-refractivity contribution in [2.75, 3.05) is 19.5 Å². The predicted octanol–water partition coefficient (Wildman–Crippen LogP) is 2.09. The van der Waals surface area contributed by atoms with E-state index in [0.29, 0.717) is 5.75 Å². The van der Waals surface area contributed by atoms with E-state index in [9.17, 15) is 19.2 Å². The second kappa shape index (κ2) is 13.5. The van der Waals surface area contributed by atoms with Crippen LogP contribution in [-0.2, 0) is 29.6 Å². The molecule has 2 N–H and O–H groups in total. The summed E-state index contributed by atoms with van der Waals surface area (Å²) in [5.74, 6) is -0.764. The number of rotatable bonds is 12. The van der Waals surface area contributed by atoms with Gasteiger partial charge in [0.05, 0.1) is 7.11 Å². The number of alkyl carbamates (subject to hydrolysis) is 1. The summed E-state index contributed by atoms with van der Waals surface area (Å²) in [7, 11) is 1.16. The molecule has 0 aromatic heterocycles. The number of carbonyl (C=O) groups excluding carboxylic acids is 4. The van der Waals surface area contributed by atoms with Crippen LogP contribution in [0.2, 0.25) is 0 Å². The number of Topliss-reactive ketones (excluding diaryl/α,β-unsaturated/α-hetero) is 2. The molecule has 8 nitrogen and oxygen atoms in total. The second-order valence-corrected chi connectivity index (χ2v) is 8.40. The first-order chi connectivity index (χ1) is 13.8. The number of hydrogen-bond acceptors (Lipinski definition) is 8. The molecule has 0 aliphatic rings. The maximum atomic E-state index is 12.1. The van der Waals surface area contributed by atoms with Gasteiger partial charge in [-0.15, -0.1) is 0 Å². The first kappa shape index (κ1) is 25.4.